The van der Waals surface area contributed by atoms with E-state index in [0.29, 0.717) is 30.1 Å². The highest BCUT2D eigenvalue weighted by atomic mass is 19.3. The van der Waals surface area contributed by atoms with Crippen LogP contribution in [0.1, 0.15) is 12.8 Å². The topological polar surface area (TPSA) is 123 Å². The summed E-state index contributed by atoms with van der Waals surface area (Å²) in [6, 6.07) is 11.3. The molecule has 1 aliphatic rings. The van der Waals surface area contributed by atoms with E-state index in [-0.39, 0.29) is 34.8 Å². The Morgan fingerprint density at radius 3 is 2.87 bits per heavy atom. The maximum atomic E-state index is 13.4. The predicted molar refractivity (Wildman–Crippen MR) is 137 cm³/mol. The lowest BCUT2D eigenvalue weighted by molar-refractivity contribution is -0.384. The van der Waals surface area contributed by atoms with Gasteiger partial charge in [0.1, 0.15) is 11.4 Å². The molecule has 0 saturated carbocycles. The molecule has 4 aromatic rings. The van der Waals surface area contributed by atoms with Crippen LogP contribution in [-0.4, -0.2) is 64.8 Å². The Bertz CT molecular complexity index is 1460. The monoisotopic (exact) mass is 525 g/mol. The third kappa shape index (κ3) is 5.18. The molecule has 2 aromatic heterocycles. The molecular formula is C25H25F2N7O4. The van der Waals surface area contributed by atoms with Gasteiger partial charge in [0.25, 0.3) is 5.69 Å². The highest BCUT2D eigenvalue weighted by Crippen LogP contribution is 2.42. The number of hydrogen-bond donors (Lipinski definition) is 1. The highest BCUT2D eigenvalue weighted by Gasteiger charge is 2.32. The van der Waals surface area contributed by atoms with Crippen LogP contribution in [0.15, 0.2) is 53.2 Å². The van der Waals surface area contributed by atoms with Gasteiger partial charge in [-0.25, -0.2) is 9.97 Å². The van der Waals surface area contributed by atoms with E-state index in [2.05, 4.69) is 20.4 Å². The van der Waals surface area contributed by atoms with Crippen molar-refractivity contribution in [2.45, 2.75) is 25.5 Å². The fourth-order valence-electron chi connectivity index (χ4n) is 4.73. The number of benzene rings is 2. The SMILES string of the molecule is CN(C)CC1CCCN1c1cc(OC(F)F)c(Nc2nccc(-c3noc4ccccc34)n2)cc1[N+](=O)[O-]. The molecule has 2 aromatic carbocycles. The maximum Gasteiger partial charge on any atom is 0.387 e. The molecule has 5 rings (SSSR count). The number of para-hydroxylation sites is 1. The summed E-state index contributed by atoms with van der Waals surface area (Å²) < 4.78 is 36.9. The molecule has 198 valence electrons. The molecule has 0 spiro atoms. The third-order valence-corrected chi connectivity index (χ3v) is 6.27. The number of likely N-dealkylation sites (N-methyl/N-ethyl adjacent to an activating group) is 1. The molecule has 1 unspecified atom stereocenters. The van der Waals surface area contributed by atoms with Crippen LogP contribution in [0.2, 0.25) is 0 Å². The first-order valence-corrected chi connectivity index (χ1v) is 11.9. The molecular weight excluding hydrogens is 500 g/mol. The van der Waals surface area contributed by atoms with Crippen LogP contribution in [0.4, 0.5) is 31.8 Å². The number of nitrogens with one attached hydrogen (secondary N) is 1. The zero-order valence-electron chi connectivity index (χ0n) is 20.7. The normalized spacial score (nSPS) is 15.5. The average molecular weight is 526 g/mol. The molecule has 1 atom stereocenters. The van der Waals surface area contributed by atoms with Crippen molar-refractivity contribution in [1.82, 2.24) is 20.0 Å². The van der Waals surface area contributed by atoms with Gasteiger partial charge in [0.2, 0.25) is 5.95 Å². The Morgan fingerprint density at radius 1 is 1.29 bits per heavy atom. The van der Waals surface area contributed by atoms with Gasteiger partial charge in [0, 0.05) is 37.5 Å². The van der Waals surface area contributed by atoms with E-state index in [0.717, 1.165) is 18.2 Å². The van der Waals surface area contributed by atoms with Gasteiger partial charge in [-0.05, 0) is 45.1 Å². The van der Waals surface area contributed by atoms with Gasteiger partial charge in [-0.15, -0.1) is 0 Å². The van der Waals surface area contributed by atoms with Gasteiger partial charge in [-0.2, -0.15) is 8.78 Å². The summed E-state index contributed by atoms with van der Waals surface area (Å²) >= 11 is 0. The minimum Gasteiger partial charge on any atom is -0.433 e. The molecule has 1 fully saturated rings. The third-order valence-electron chi connectivity index (χ3n) is 6.27. The van der Waals surface area contributed by atoms with E-state index < -0.39 is 11.5 Å². The van der Waals surface area contributed by atoms with E-state index in [9.17, 15) is 18.9 Å². The van der Waals surface area contributed by atoms with Crippen molar-refractivity contribution >= 4 is 34.0 Å². The van der Waals surface area contributed by atoms with Crippen molar-refractivity contribution in [2.24, 2.45) is 0 Å². The van der Waals surface area contributed by atoms with Gasteiger partial charge < -0.3 is 24.4 Å². The lowest BCUT2D eigenvalue weighted by Gasteiger charge is -2.29. The van der Waals surface area contributed by atoms with Crippen LogP contribution in [0.5, 0.6) is 5.75 Å². The Balaban J connectivity index is 1.53. The second-order valence-corrected chi connectivity index (χ2v) is 9.14. The van der Waals surface area contributed by atoms with Gasteiger partial charge in [0.05, 0.1) is 21.7 Å². The van der Waals surface area contributed by atoms with E-state index in [1.807, 2.05) is 42.1 Å². The van der Waals surface area contributed by atoms with Crippen LogP contribution in [-0.2, 0) is 0 Å². The zero-order chi connectivity index (χ0) is 26.8. The number of nitrogens with zero attached hydrogens (tertiary/aromatic N) is 6. The summed E-state index contributed by atoms with van der Waals surface area (Å²) in [5.41, 5.74) is 1.38. The number of ether oxygens (including phenoxy) is 1. The van der Waals surface area contributed by atoms with Crippen LogP contribution >= 0.6 is 0 Å². The Hall–Kier alpha value is -4.39. The van der Waals surface area contributed by atoms with Gasteiger partial charge >= 0.3 is 6.61 Å². The van der Waals surface area contributed by atoms with E-state index in [4.69, 9.17) is 9.26 Å². The number of nitro benzene ring substituents is 1. The summed E-state index contributed by atoms with van der Waals surface area (Å²) in [7, 11) is 3.83. The van der Waals surface area contributed by atoms with E-state index in [1.54, 1.807) is 12.1 Å². The minimum atomic E-state index is -3.14. The second-order valence-electron chi connectivity index (χ2n) is 9.14. The van der Waals surface area contributed by atoms with E-state index >= 15 is 0 Å². The van der Waals surface area contributed by atoms with Gasteiger partial charge in [0.15, 0.2) is 11.3 Å². The number of alkyl halides is 2. The summed E-state index contributed by atoms with van der Waals surface area (Å²) in [4.78, 5) is 24.0. The summed E-state index contributed by atoms with van der Waals surface area (Å²) in [5, 5.41) is 19.7. The number of rotatable bonds is 9. The number of fused-ring (bicyclic) bond motifs is 1. The van der Waals surface area contributed by atoms with Crippen molar-refractivity contribution < 1.29 is 23.0 Å². The first kappa shape index (κ1) is 25.3. The number of hydrogen-bond acceptors (Lipinski definition) is 10. The lowest BCUT2D eigenvalue weighted by Crippen LogP contribution is -2.37. The van der Waals surface area contributed by atoms with E-state index in [1.165, 1.54) is 18.3 Å². The minimum absolute atomic E-state index is 0.000734. The molecule has 38 heavy (non-hydrogen) atoms. The van der Waals surface area contributed by atoms with Crippen molar-refractivity contribution in [1.29, 1.82) is 0 Å². The largest absolute Gasteiger partial charge is 0.433 e. The number of anilines is 3. The van der Waals surface area contributed by atoms with Crippen LogP contribution in [0, 0.1) is 10.1 Å². The Morgan fingerprint density at radius 2 is 2.11 bits per heavy atom. The number of nitro groups is 1. The predicted octanol–water partition coefficient (Wildman–Crippen LogP) is 5.07. The van der Waals surface area contributed by atoms with Crippen molar-refractivity contribution in [2.75, 3.05) is 37.4 Å². The first-order valence-electron chi connectivity index (χ1n) is 11.9. The first-order chi connectivity index (χ1) is 18.3. The highest BCUT2D eigenvalue weighted by molar-refractivity contribution is 5.90. The number of halogens is 2. The van der Waals surface area contributed by atoms with Gasteiger partial charge in [-0.3, -0.25) is 10.1 Å². The molecule has 11 nitrogen and oxygen atoms in total. The van der Waals surface area contributed by atoms with Crippen molar-refractivity contribution in [3.8, 4) is 17.1 Å². The second kappa shape index (κ2) is 10.5. The molecule has 13 heteroatoms. The number of aromatic nitrogens is 3. The van der Waals surface area contributed by atoms with Gasteiger partial charge in [-0.1, -0.05) is 17.3 Å². The summed E-state index contributed by atoms with van der Waals surface area (Å²) in [6.07, 6.45) is 3.12. The fourth-order valence-corrected chi connectivity index (χ4v) is 4.73. The van der Waals surface area contributed by atoms with Crippen molar-refractivity contribution in [3.63, 3.8) is 0 Å². The van der Waals surface area contributed by atoms with Crippen LogP contribution in [0.3, 0.4) is 0 Å². The van der Waals surface area contributed by atoms with Crippen molar-refractivity contribution in [3.05, 3.63) is 58.8 Å². The molecule has 3 heterocycles. The maximum absolute atomic E-state index is 13.4. The average Bonchev–Trinajstić information content (AvgIpc) is 3.51. The quantitative estimate of drug-likeness (QED) is 0.234. The zero-order valence-corrected chi connectivity index (χ0v) is 20.7. The summed E-state index contributed by atoms with van der Waals surface area (Å²) in [6.45, 7) is -1.91. The van der Waals surface area contributed by atoms with Crippen LogP contribution in [0.25, 0.3) is 22.4 Å². The molecule has 0 radical (unpaired) electrons. The molecule has 0 aliphatic carbocycles. The lowest BCUT2D eigenvalue weighted by atomic mass is 10.1. The fraction of sp³-hybridized carbons (Fsp3) is 0.320. The Kier molecular flexibility index (Phi) is 7.01. The smallest absolute Gasteiger partial charge is 0.387 e. The molecule has 1 saturated heterocycles. The molecule has 0 bridgehead atoms. The molecule has 1 aliphatic heterocycles. The molecule has 1 N–H and O–H groups in total. The van der Waals surface area contributed by atoms with Crippen LogP contribution < -0.4 is 15.0 Å². The Labute approximate surface area is 216 Å². The molecule has 0 amide bonds. The summed E-state index contributed by atoms with van der Waals surface area (Å²) in [5.74, 6) is -0.237. The standard InChI is InChI=1S/C25H25F2N7O4/c1-32(2)14-15-6-5-11-33(15)19-13-22(37-24(26)27)18(12-20(19)34(35)36)30-25-28-10-9-17(29-25)23-16-7-3-4-8-21(16)38-31-23/h3-4,7-10,12-13,15,24H,5-6,11,14H2,1-2H3,(H,28,29,30).